The first kappa shape index (κ1) is 26.9. The van der Waals surface area contributed by atoms with Crippen molar-refractivity contribution in [3.63, 3.8) is 0 Å². The Labute approximate surface area is 222 Å². The number of benzene rings is 3. The van der Waals surface area contributed by atoms with Gasteiger partial charge in [0.05, 0.1) is 18.1 Å². The van der Waals surface area contributed by atoms with Gasteiger partial charge in [-0.1, -0.05) is 66.2 Å². The number of nitrogens with zero attached hydrogens (tertiary/aromatic N) is 1. The predicted octanol–water partition coefficient (Wildman–Crippen LogP) is 5.05. The van der Waals surface area contributed by atoms with Crippen LogP contribution in [-0.2, 0) is 29.1 Å². The highest BCUT2D eigenvalue weighted by atomic mass is 35.5. The number of halogens is 1. The molecule has 0 N–H and O–H groups in total. The molecule has 0 unspecified atom stereocenters. The average Bonchev–Trinajstić information content (AvgIpc) is 3.65. The lowest BCUT2D eigenvalue weighted by atomic mass is 10.1. The van der Waals surface area contributed by atoms with Crippen molar-refractivity contribution in [3.8, 4) is 11.1 Å². The number of hydrogen-bond donors (Lipinski definition) is 0. The number of carbonyl (C=O) groups is 2. The van der Waals surface area contributed by atoms with E-state index in [0.717, 1.165) is 21.0 Å². The fraction of sp³-hybridized carbons (Fsp3) is 0.286. The Balaban J connectivity index is 1.76. The van der Waals surface area contributed by atoms with Gasteiger partial charge in [0.25, 0.3) is 0 Å². The molecule has 194 valence electrons. The fourth-order valence-electron chi connectivity index (χ4n) is 4.54. The van der Waals surface area contributed by atoms with Crippen LogP contribution in [0.2, 0.25) is 5.02 Å². The van der Waals surface area contributed by atoms with Gasteiger partial charge in [-0.25, -0.2) is 13.2 Å². The molecule has 0 bridgehead atoms. The quantitative estimate of drug-likeness (QED) is 0.334. The third-order valence-corrected chi connectivity index (χ3v) is 8.56. The Morgan fingerprint density at radius 2 is 1.46 bits per heavy atom. The fourth-order valence-corrected chi connectivity index (χ4v) is 6.38. The monoisotopic (exact) mass is 541 g/mol. The molecule has 0 spiro atoms. The first-order valence-corrected chi connectivity index (χ1v) is 13.8. The van der Waals surface area contributed by atoms with Gasteiger partial charge in [-0.05, 0) is 61.2 Å². The van der Waals surface area contributed by atoms with Crippen molar-refractivity contribution in [1.29, 1.82) is 0 Å². The molecule has 0 saturated heterocycles. The Morgan fingerprint density at radius 1 is 0.892 bits per heavy atom. The van der Waals surface area contributed by atoms with Crippen molar-refractivity contribution in [2.75, 3.05) is 19.8 Å². The molecule has 4 rings (SSSR count). The van der Waals surface area contributed by atoms with E-state index < -0.39 is 40.0 Å². The molecule has 0 amide bonds. The summed E-state index contributed by atoms with van der Waals surface area (Å²) in [5.41, 5.74) is 0.891. The lowest BCUT2D eigenvalue weighted by molar-refractivity contribution is -0.151. The normalized spacial score (nSPS) is 18.9. The number of hydrogen-bond acceptors (Lipinski definition) is 6. The lowest BCUT2D eigenvalue weighted by Gasteiger charge is -2.30. The molecule has 0 radical (unpaired) electrons. The second-order valence-corrected chi connectivity index (χ2v) is 11.0. The molecule has 7 nitrogen and oxygen atoms in total. The maximum Gasteiger partial charge on any atom is 0.328 e. The predicted molar refractivity (Wildman–Crippen MR) is 141 cm³/mol. The number of carbonyl (C=O) groups excluding carboxylic acids is 2. The van der Waals surface area contributed by atoms with Gasteiger partial charge in [0.15, 0.2) is 0 Å². The van der Waals surface area contributed by atoms with Crippen LogP contribution < -0.4 is 0 Å². The van der Waals surface area contributed by atoms with Gasteiger partial charge < -0.3 is 9.47 Å². The zero-order valence-corrected chi connectivity index (χ0v) is 22.2. The van der Waals surface area contributed by atoms with Gasteiger partial charge >= 0.3 is 11.9 Å². The van der Waals surface area contributed by atoms with Gasteiger partial charge in [0.1, 0.15) is 12.1 Å². The van der Waals surface area contributed by atoms with E-state index >= 15 is 0 Å². The lowest BCUT2D eigenvalue weighted by Crippen LogP contribution is -2.51. The molecule has 2 atom stereocenters. The molecule has 0 heterocycles. The summed E-state index contributed by atoms with van der Waals surface area (Å²) in [7, 11) is -4.31. The number of sulfonamides is 1. The molecular formula is C28H28ClNO6S. The summed E-state index contributed by atoms with van der Waals surface area (Å²) >= 11 is 5.98. The molecule has 37 heavy (non-hydrogen) atoms. The molecule has 1 aliphatic rings. The summed E-state index contributed by atoms with van der Waals surface area (Å²) in [4.78, 5) is 25.9. The Hall–Kier alpha value is -3.20. The SMILES string of the molecule is CCOC(=O)CN([C@@]1(C(=O)OCC)C[C@@H]1c1ccccc1)S(=O)(=O)c1ccc(-c2ccc(Cl)cc2)cc1. The molecular weight excluding hydrogens is 514 g/mol. The average molecular weight is 542 g/mol. The van der Waals surface area contributed by atoms with Crippen molar-refractivity contribution in [2.45, 2.75) is 36.6 Å². The van der Waals surface area contributed by atoms with Crippen LogP contribution in [0.25, 0.3) is 11.1 Å². The minimum atomic E-state index is -4.31. The van der Waals surface area contributed by atoms with Crippen LogP contribution in [0.1, 0.15) is 31.7 Å². The second kappa shape index (κ2) is 11.0. The largest absolute Gasteiger partial charge is 0.465 e. The molecule has 1 saturated carbocycles. The molecule has 9 heteroatoms. The maximum atomic E-state index is 14.0. The molecule has 0 aromatic heterocycles. The van der Waals surface area contributed by atoms with E-state index in [4.69, 9.17) is 21.1 Å². The van der Waals surface area contributed by atoms with Gasteiger partial charge in [0.2, 0.25) is 10.0 Å². The first-order chi connectivity index (χ1) is 17.7. The Bertz CT molecular complexity index is 1360. The standard InChI is InChI=1S/C28H28ClNO6S/c1-3-35-26(31)19-30(28(27(32)36-4-2)18-25(28)22-8-6-5-7-9-22)37(33,34)24-16-12-21(13-17-24)20-10-14-23(29)15-11-20/h5-17,25H,3-4,18-19H2,1-2H3/t25-,28+/m1/s1. The highest BCUT2D eigenvalue weighted by molar-refractivity contribution is 7.89. The van der Waals surface area contributed by atoms with E-state index in [2.05, 4.69) is 0 Å². The van der Waals surface area contributed by atoms with E-state index in [1.54, 1.807) is 38.1 Å². The third-order valence-electron chi connectivity index (χ3n) is 6.41. The zero-order chi connectivity index (χ0) is 26.6. The second-order valence-electron chi connectivity index (χ2n) is 8.66. The summed E-state index contributed by atoms with van der Waals surface area (Å²) in [5.74, 6) is -1.90. The highest BCUT2D eigenvalue weighted by Crippen LogP contribution is 2.57. The van der Waals surface area contributed by atoms with Crippen LogP contribution in [-0.4, -0.2) is 50.0 Å². The molecule has 3 aromatic rings. The Morgan fingerprint density at radius 3 is 2.03 bits per heavy atom. The Kier molecular flexibility index (Phi) is 8.02. The van der Waals surface area contributed by atoms with E-state index in [1.807, 2.05) is 42.5 Å². The van der Waals surface area contributed by atoms with E-state index in [1.165, 1.54) is 12.1 Å². The molecule has 3 aromatic carbocycles. The van der Waals surface area contributed by atoms with E-state index in [-0.39, 0.29) is 24.5 Å². The summed E-state index contributed by atoms with van der Waals surface area (Å²) in [6.45, 7) is 2.84. The molecule has 1 aliphatic carbocycles. The maximum absolute atomic E-state index is 14.0. The van der Waals surface area contributed by atoms with E-state index in [9.17, 15) is 18.0 Å². The van der Waals surface area contributed by atoms with Crippen molar-refractivity contribution in [3.05, 3.63) is 89.4 Å². The van der Waals surface area contributed by atoms with Crippen LogP contribution in [0, 0.1) is 0 Å². The van der Waals surface area contributed by atoms with Gasteiger partial charge in [-0.15, -0.1) is 0 Å². The summed E-state index contributed by atoms with van der Waals surface area (Å²) in [6.07, 6.45) is 0.192. The van der Waals surface area contributed by atoms with Crippen molar-refractivity contribution in [2.24, 2.45) is 0 Å². The van der Waals surface area contributed by atoms with E-state index in [0.29, 0.717) is 5.02 Å². The summed E-state index contributed by atoms with van der Waals surface area (Å²) in [5, 5.41) is 0.597. The highest BCUT2D eigenvalue weighted by Gasteiger charge is 2.69. The van der Waals surface area contributed by atoms with Crippen molar-refractivity contribution >= 4 is 33.6 Å². The minimum Gasteiger partial charge on any atom is -0.465 e. The topological polar surface area (TPSA) is 90.0 Å². The molecule has 0 aliphatic heterocycles. The van der Waals surface area contributed by atoms with Gasteiger partial charge in [-0.2, -0.15) is 4.31 Å². The van der Waals surface area contributed by atoms with Crippen LogP contribution in [0.4, 0.5) is 0 Å². The summed E-state index contributed by atoms with van der Waals surface area (Å²) in [6, 6.07) is 22.6. The van der Waals surface area contributed by atoms with Crippen LogP contribution in [0.3, 0.4) is 0 Å². The first-order valence-electron chi connectivity index (χ1n) is 12.0. The van der Waals surface area contributed by atoms with Crippen molar-refractivity contribution in [1.82, 2.24) is 4.31 Å². The summed E-state index contributed by atoms with van der Waals surface area (Å²) < 4.78 is 39.5. The molecule has 1 fully saturated rings. The van der Waals surface area contributed by atoms with Crippen LogP contribution in [0.15, 0.2) is 83.8 Å². The zero-order valence-electron chi connectivity index (χ0n) is 20.6. The minimum absolute atomic E-state index is 0.0445. The van der Waals surface area contributed by atoms with Gasteiger partial charge in [-0.3, -0.25) is 4.79 Å². The number of ether oxygens (including phenoxy) is 2. The third kappa shape index (κ3) is 5.42. The van der Waals surface area contributed by atoms with Crippen LogP contribution in [0.5, 0.6) is 0 Å². The number of esters is 2. The number of rotatable bonds is 10. The smallest absolute Gasteiger partial charge is 0.328 e. The van der Waals surface area contributed by atoms with Crippen molar-refractivity contribution < 1.29 is 27.5 Å². The van der Waals surface area contributed by atoms with Crippen LogP contribution >= 0.6 is 11.6 Å². The van der Waals surface area contributed by atoms with Gasteiger partial charge in [0, 0.05) is 10.9 Å².